The van der Waals surface area contributed by atoms with Gasteiger partial charge in [0.05, 0.1) is 10.6 Å². The zero-order chi connectivity index (χ0) is 14.8. The van der Waals surface area contributed by atoms with E-state index in [1.165, 1.54) is 12.1 Å². The van der Waals surface area contributed by atoms with Gasteiger partial charge in [-0.1, -0.05) is 6.92 Å². The minimum atomic E-state index is -0.500. The maximum Gasteiger partial charge on any atom is 0.143 e. The first-order chi connectivity index (χ1) is 9.50. The molecule has 2 rings (SSSR count). The van der Waals surface area contributed by atoms with E-state index in [2.05, 4.69) is 21.2 Å². The Morgan fingerprint density at radius 1 is 1.45 bits per heavy atom. The van der Waals surface area contributed by atoms with E-state index in [4.69, 9.17) is 4.74 Å². The molecule has 5 heteroatoms. The van der Waals surface area contributed by atoms with Gasteiger partial charge in [-0.15, -0.1) is 0 Å². The van der Waals surface area contributed by atoms with Gasteiger partial charge < -0.3 is 10.1 Å². The minimum Gasteiger partial charge on any atom is -0.378 e. The molecule has 1 heterocycles. The Labute approximate surface area is 127 Å². The second-order valence-corrected chi connectivity index (χ2v) is 6.26. The third-order valence-corrected chi connectivity index (χ3v) is 4.84. The molecule has 2 nitrogen and oxygen atoms in total. The van der Waals surface area contributed by atoms with E-state index in [0.717, 1.165) is 13.0 Å². The fourth-order valence-corrected chi connectivity index (χ4v) is 3.17. The molecule has 0 bridgehead atoms. The van der Waals surface area contributed by atoms with Crippen LogP contribution in [-0.4, -0.2) is 25.8 Å². The standard InChI is InChI=1S/C15H20BrF2NO/c1-3-19-9-15(6-7-20-10(15)2)8-11-13(17)5-4-12(16)14(11)18/h4-5,10,19H,3,6-9H2,1-2H3. The molecule has 0 radical (unpaired) electrons. The van der Waals surface area contributed by atoms with E-state index >= 15 is 0 Å². The van der Waals surface area contributed by atoms with E-state index in [1.807, 2.05) is 13.8 Å². The Bertz CT molecular complexity index is 483. The molecule has 0 spiro atoms. The van der Waals surface area contributed by atoms with E-state index in [1.54, 1.807) is 0 Å². The van der Waals surface area contributed by atoms with Crippen LogP contribution in [0.25, 0.3) is 0 Å². The van der Waals surface area contributed by atoms with Crippen LogP contribution in [0.3, 0.4) is 0 Å². The lowest BCUT2D eigenvalue weighted by Gasteiger charge is -2.33. The van der Waals surface area contributed by atoms with Gasteiger partial charge in [0, 0.05) is 24.1 Å². The van der Waals surface area contributed by atoms with Crippen LogP contribution in [0.15, 0.2) is 16.6 Å². The van der Waals surface area contributed by atoms with Crippen LogP contribution >= 0.6 is 15.9 Å². The Balaban J connectivity index is 2.31. The Morgan fingerprint density at radius 2 is 2.20 bits per heavy atom. The molecule has 2 unspecified atom stereocenters. The third kappa shape index (κ3) is 3.05. The highest BCUT2D eigenvalue weighted by Crippen LogP contribution is 2.39. The Kier molecular flexibility index (Phi) is 5.15. The molecular formula is C15H20BrF2NO. The molecule has 2 atom stereocenters. The summed E-state index contributed by atoms with van der Waals surface area (Å²) in [6.07, 6.45) is 1.14. The number of benzene rings is 1. The monoisotopic (exact) mass is 347 g/mol. The molecule has 0 saturated carbocycles. The first-order valence-electron chi connectivity index (χ1n) is 6.95. The summed E-state index contributed by atoms with van der Waals surface area (Å²) in [4.78, 5) is 0. The molecule has 20 heavy (non-hydrogen) atoms. The zero-order valence-corrected chi connectivity index (χ0v) is 13.4. The lowest BCUT2D eigenvalue weighted by molar-refractivity contribution is 0.0624. The summed E-state index contributed by atoms with van der Waals surface area (Å²) in [7, 11) is 0. The lowest BCUT2D eigenvalue weighted by Crippen LogP contribution is -2.41. The smallest absolute Gasteiger partial charge is 0.143 e. The highest BCUT2D eigenvalue weighted by atomic mass is 79.9. The molecule has 1 saturated heterocycles. The topological polar surface area (TPSA) is 21.3 Å². The van der Waals surface area contributed by atoms with Crippen LogP contribution in [0.4, 0.5) is 8.78 Å². The van der Waals surface area contributed by atoms with Crippen LogP contribution in [-0.2, 0) is 11.2 Å². The largest absolute Gasteiger partial charge is 0.378 e. The predicted octanol–water partition coefficient (Wildman–Crippen LogP) is 3.67. The first-order valence-corrected chi connectivity index (χ1v) is 7.74. The molecular weight excluding hydrogens is 328 g/mol. The molecule has 0 aromatic heterocycles. The van der Waals surface area contributed by atoms with Gasteiger partial charge in [0.25, 0.3) is 0 Å². The highest BCUT2D eigenvalue weighted by molar-refractivity contribution is 9.10. The number of nitrogens with one attached hydrogen (secondary N) is 1. The maximum absolute atomic E-state index is 14.2. The number of halogens is 3. The molecule has 112 valence electrons. The van der Waals surface area contributed by atoms with Crippen molar-refractivity contribution in [2.75, 3.05) is 19.7 Å². The van der Waals surface area contributed by atoms with Crippen molar-refractivity contribution in [2.45, 2.75) is 32.8 Å². The van der Waals surface area contributed by atoms with Crippen LogP contribution in [0.5, 0.6) is 0 Å². The van der Waals surface area contributed by atoms with Crippen LogP contribution in [0.1, 0.15) is 25.8 Å². The number of hydrogen-bond donors (Lipinski definition) is 1. The summed E-state index contributed by atoms with van der Waals surface area (Å²) >= 11 is 3.13. The molecule has 0 aliphatic carbocycles. The number of hydrogen-bond acceptors (Lipinski definition) is 2. The van der Waals surface area contributed by atoms with Crippen LogP contribution < -0.4 is 5.32 Å². The van der Waals surface area contributed by atoms with Crippen molar-refractivity contribution in [3.63, 3.8) is 0 Å². The van der Waals surface area contributed by atoms with E-state index in [9.17, 15) is 8.78 Å². The molecule has 1 aromatic rings. The van der Waals surface area contributed by atoms with Gasteiger partial charge in [0.1, 0.15) is 11.6 Å². The van der Waals surface area contributed by atoms with Gasteiger partial charge in [-0.3, -0.25) is 0 Å². The first kappa shape index (κ1) is 15.9. The molecule has 1 N–H and O–H groups in total. The van der Waals surface area contributed by atoms with Gasteiger partial charge in [0.2, 0.25) is 0 Å². The van der Waals surface area contributed by atoms with E-state index in [0.29, 0.717) is 24.0 Å². The van der Waals surface area contributed by atoms with Crippen molar-refractivity contribution in [3.05, 3.63) is 33.8 Å². The van der Waals surface area contributed by atoms with Gasteiger partial charge in [-0.2, -0.15) is 0 Å². The van der Waals surface area contributed by atoms with Crippen molar-refractivity contribution >= 4 is 15.9 Å². The van der Waals surface area contributed by atoms with Gasteiger partial charge in [-0.05, 0) is 54.4 Å². The van der Waals surface area contributed by atoms with Crippen LogP contribution in [0.2, 0.25) is 0 Å². The molecule has 0 amide bonds. The van der Waals surface area contributed by atoms with E-state index < -0.39 is 11.6 Å². The SMILES string of the molecule is CCNCC1(Cc2c(F)ccc(Br)c2F)CCOC1C. The third-order valence-electron chi connectivity index (χ3n) is 4.22. The second-order valence-electron chi connectivity index (χ2n) is 5.40. The second kappa shape index (κ2) is 6.50. The number of rotatable bonds is 5. The zero-order valence-electron chi connectivity index (χ0n) is 11.8. The summed E-state index contributed by atoms with van der Waals surface area (Å²) in [6.45, 7) is 6.18. The van der Waals surface area contributed by atoms with Crippen LogP contribution in [0, 0.1) is 17.0 Å². The quantitative estimate of drug-likeness (QED) is 0.820. The summed E-state index contributed by atoms with van der Waals surface area (Å²) in [5.74, 6) is -0.986. The predicted molar refractivity (Wildman–Crippen MR) is 78.8 cm³/mol. The van der Waals surface area contributed by atoms with Crippen molar-refractivity contribution in [2.24, 2.45) is 5.41 Å². The fourth-order valence-electron chi connectivity index (χ4n) is 2.80. The van der Waals surface area contributed by atoms with Crippen molar-refractivity contribution in [1.82, 2.24) is 5.32 Å². The normalized spacial score (nSPS) is 26.1. The molecule has 1 aromatic carbocycles. The maximum atomic E-state index is 14.2. The van der Waals surface area contributed by atoms with Gasteiger partial charge in [-0.25, -0.2) is 8.78 Å². The average Bonchev–Trinajstić information content (AvgIpc) is 2.79. The minimum absolute atomic E-state index is 0.0145. The molecule has 1 fully saturated rings. The highest BCUT2D eigenvalue weighted by Gasteiger charge is 2.42. The Hall–Kier alpha value is -0.520. The molecule has 1 aliphatic rings. The summed E-state index contributed by atoms with van der Waals surface area (Å²) in [5, 5.41) is 3.30. The summed E-state index contributed by atoms with van der Waals surface area (Å²) < 4.78 is 34.1. The van der Waals surface area contributed by atoms with Crippen molar-refractivity contribution in [1.29, 1.82) is 0 Å². The van der Waals surface area contributed by atoms with Gasteiger partial charge >= 0.3 is 0 Å². The van der Waals surface area contributed by atoms with Gasteiger partial charge in [0.15, 0.2) is 0 Å². The molecule has 1 aliphatic heterocycles. The Morgan fingerprint density at radius 3 is 2.80 bits per heavy atom. The average molecular weight is 348 g/mol. The lowest BCUT2D eigenvalue weighted by atomic mass is 9.76. The van der Waals surface area contributed by atoms with Crippen molar-refractivity contribution < 1.29 is 13.5 Å². The number of ether oxygens (including phenoxy) is 1. The van der Waals surface area contributed by atoms with E-state index in [-0.39, 0.29) is 17.1 Å². The van der Waals surface area contributed by atoms with Crippen molar-refractivity contribution in [3.8, 4) is 0 Å². The fraction of sp³-hybridized carbons (Fsp3) is 0.600. The summed E-state index contributed by atoms with van der Waals surface area (Å²) in [5.41, 5.74) is -0.104. The summed E-state index contributed by atoms with van der Waals surface area (Å²) in [6, 6.07) is 2.71.